The van der Waals surface area contributed by atoms with Gasteiger partial charge in [-0.25, -0.2) is 4.79 Å². The zero-order valence-corrected chi connectivity index (χ0v) is 8.12. The van der Waals surface area contributed by atoms with Crippen molar-refractivity contribution in [2.75, 3.05) is 11.9 Å². The van der Waals surface area contributed by atoms with E-state index in [1.54, 1.807) is 0 Å². The van der Waals surface area contributed by atoms with E-state index in [0.29, 0.717) is 0 Å². The molecule has 0 aliphatic heterocycles. The van der Waals surface area contributed by atoms with Crippen LogP contribution in [0.3, 0.4) is 0 Å². The predicted octanol–water partition coefficient (Wildman–Crippen LogP) is -1.57. The lowest BCUT2D eigenvalue weighted by molar-refractivity contribution is -0.125. The first-order valence-corrected chi connectivity index (χ1v) is 4.29. The van der Waals surface area contributed by atoms with E-state index in [1.807, 2.05) is 0 Å². The van der Waals surface area contributed by atoms with Crippen LogP contribution in [0.4, 0.5) is 5.82 Å². The number of aliphatic hydroxyl groups is 1. The maximum Gasteiger partial charge on any atom is 0.356 e. The summed E-state index contributed by atoms with van der Waals surface area (Å²) in [5.41, 5.74) is 4.63. The number of carboxylic acid groups (broad SMARTS) is 1. The number of primary amides is 1. The molecule has 0 spiro atoms. The molecule has 0 bridgehead atoms. The van der Waals surface area contributed by atoms with E-state index >= 15 is 0 Å². The fourth-order valence-corrected chi connectivity index (χ4v) is 0.842. The fourth-order valence-electron chi connectivity index (χ4n) is 0.842. The van der Waals surface area contributed by atoms with E-state index in [0.717, 1.165) is 0 Å². The Morgan fingerprint density at radius 3 is 2.56 bits per heavy atom. The van der Waals surface area contributed by atoms with Crippen molar-refractivity contribution in [3.63, 3.8) is 0 Å². The van der Waals surface area contributed by atoms with E-state index in [1.165, 1.54) is 12.1 Å². The molecular formula is C8H10N4O4. The molecule has 0 fully saturated rings. The Kier molecular flexibility index (Phi) is 3.72. The summed E-state index contributed by atoms with van der Waals surface area (Å²) in [6.07, 6.45) is -1.33. The highest BCUT2D eigenvalue weighted by Crippen LogP contribution is 2.01. The Hall–Kier alpha value is -2.22. The molecule has 8 nitrogen and oxygen atoms in total. The molecule has 1 atom stereocenters. The minimum Gasteiger partial charge on any atom is -0.476 e. The number of nitrogens with one attached hydrogen (secondary N) is 1. The SMILES string of the molecule is NC(=O)C(O)CNc1ccc(C(=O)O)nn1. The number of nitrogens with two attached hydrogens (primary N) is 1. The third-order valence-corrected chi connectivity index (χ3v) is 1.69. The zero-order valence-electron chi connectivity index (χ0n) is 8.12. The number of aromatic nitrogens is 2. The Labute approximate surface area is 90.1 Å². The average Bonchev–Trinajstić information content (AvgIpc) is 2.26. The quantitative estimate of drug-likeness (QED) is 0.475. The third kappa shape index (κ3) is 3.17. The summed E-state index contributed by atoms with van der Waals surface area (Å²) in [7, 11) is 0. The monoisotopic (exact) mass is 226 g/mol. The van der Waals surface area contributed by atoms with Crippen LogP contribution in [0, 0.1) is 0 Å². The van der Waals surface area contributed by atoms with Crippen molar-refractivity contribution >= 4 is 17.7 Å². The second-order valence-corrected chi connectivity index (χ2v) is 2.91. The van der Waals surface area contributed by atoms with Gasteiger partial charge in [0.1, 0.15) is 11.9 Å². The van der Waals surface area contributed by atoms with Gasteiger partial charge in [-0.1, -0.05) is 0 Å². The highest BCUT2D eigenvalue weighted by atomic mass is 16.4. The summed E-state index contributed by atoms with van der Waals surface area (Å²) in [5, 5.41) is 27.1. The van der Waals surface area contributed by atoms with Gasteiger partial charge < -0.3 is 21.3 Å². The van der Waals surface area contributed by atoms with Gasteiger partial charge in [-0.2, -0.15) is 0 Å². The molecular weight excluding hydrogens is 216 g/mol. The van der Waals surface area contributed by atoms with Gasteiger partial charge in [0.15, 0.2) is 5.69 Å². The van der Waals surface area contributed by atoms with Crippen LogP contribution in [0.15, 0.2) is 12.1 Å². The summed E-state index contributed by atoms with van der Waals surface area (Å²) < 4.78 is 0. The molecule has 0 saturated heterocycles. The maximum atomic E-state index is 10.5. The highest BCUT2D eigenvalue weighted by Gasteiger charge is 2.11. The van der Waals surface area contributed by atoms with Gasteiger partial charge in [-0.3, -0.25) is 4.79 Å². The standard InChI is InChI=1S/C8H10N4O4/c9-7(14)5(13)3-10-6-2-1-4(8(15)16)11-12-6/h1-2,5,13H,3H2,(H2,9,14)(H,10,12)(H,15,16). The van der Waals surface area contributed by atoms with E-state index in [2.05, 4.69) is 15.5 Å². The number of anilines is 1. The molecule has 1 heterocycles. The molecule has 0 aliphatic rings. The van der Waals surface area contributed by atoms with Crippen LogP contribution in [0.1, 0.15) is 10.5 Å². The molecule has 0 aliphatic carbocycles. The normalized spacial score (nSPS) is 11.8. The molecule has 0 saturated carbocycles. The molecule has 1 aromatic heterocycles. The second kappa shape index (κ2) is 5.03. The number of carboxylic acids is 1. The lowest BCUT2D eigenvalue weighted by Gasteiger charge is -2.07. The van der Waals surface area contributed by atoms with Gasteiger partial charge in [0, 0.05) is 0 Å². The van der Waals surface area contributed by atoms with Crippen LogP contribution in [0.5, 0.6) is 0 Å². The first-order valence-electron chi connectivity index (χ1n) is 4.29. The summed E-state index contributed by atoms with van der Waals surface area (Å²) >= 11 is 0. The molecule has 86 valence electrons. The van der Waals surface area contributed by atoms with E-state index < -0.39 is 18.0 Å². The molecule has 16 heavy (non-hydrogen) atoms. The smallest absolute Gasteiger partial charge is 0.356 e. The van der Waals surface area contributed by atoms with E-state index in [-0.39, 0.29) is 18.1 Å². The lowest BCUT2D eigenvalue weighted by atomic mass is 10.3. The summed E-state index contributed by atoms with van der Waals surface area (Å²) in [5.74, 6) is -1.80. The van der Waals surface area contributed by atoms with Crippen molar-refractivity contribution in [2.24, 2.45) is 5.73 Å². The van der Waals surface area contributed by atoms with Gasteiger partial charge in [0.25, 0.3) is 0 Å². The van der Waals surface area contributed by atoms with Gasteiger partial charge in [0.2, 0.25) is 5.91 Å². The molecule has 0 aromatic carbocycles. The Bertz CT molecular complexity index is 392. The molecule has 1 amide bonds. The maximum absolute atomic E-state index is 10.5. The molecule has 5 N–H and O–H groups in total. The molecule has 1 aromatic rings. The highest BCUT2D eigenvalue weighted by molar-refractivity contribution is 5.85. The summed E-state index contributed by atoms with van der Waals surface area (Å²) in [4.78, 5) is 20.9. The van der Waals surface area contributed by atoms with Gasteiger partial charge in [-0.05, 0) is 12.1 Å². The van der Waals surface area contributed by atoms with Crippen molar-refractivity contribution in [1.29, 1.82) is 0 Å². The molecule has 1 unspecified atom stereocenters. The second-order valence-electron chi connectivity index (χ2n) is 2.91. The van der Waals surface area contributed by atoms with Crippen molar-refractivity contribution in [2.45, 2.75) is 6.10 Å². The van der Waals surface area contributed by atoms with Crippen LogP contribution in [0.25, 0.3) is 0 Å². The van der Waals surface area contributed by atoms with Gasteiger partial charge >= 0.3 is 5.97 Å². The average molecular weight is 226 g/mol. The van der Waals surface area contributed by atoms with Crippen molar-refractivity contribution in [1.82, 2.24) is 10.2 Å². The van der Waals surface area contributed by atoms with Crippen LogP contribution in [-0.4, -0.2) is 44.9 Å². The summed E-state index contributed by atoms with van der Waals surface area (Å²) in [6, 6.07) is 2.61. The Morgan fingerprint density at radius 1 is 1.44 bits per heavy atom. The Morgan fingerprint density at radius 2 is 2.12 bits per heavy atom. The first kappa shape index (κ1) is 11.9. The lowest BCUT2D eigenvalue weighted by Crippen LogP contribution is -2.34. The number of hydrogen-bond acceptors (Lipinski definition) is 6. The molecule has 8 heteroatoms. The Balaban J connectivity index is 2.56. The predicted molar refractivity (Wildman–Crippen MR) is 52.7 cm³/mol. The number of nitrogens with zero attached hydrogens (tertiary/aromatic N) is 2. The van der Waals surface area contributed by atoms with Crippen LogP contribution >= 0.6 is 0 Å². The minimum absolute atomic E-state index is 0.115. The van der Waals surface area contributed by atoms with Crippen molar-refractivity contribution < 1.29 is 19.8 Å². The summed E-state index contributed by atoms with van der Waals surface area (Å²) in [6.45, 7) is -0.115. The number of aromatic carboxylic acids is 1. The number of carbonyl (C=O) groups is 2. The number of rotatable bonds is 5. The number of carbonyl (C=O) groups excluding carboxylic acids is 1. The van der Waals surface area contributed by atoms with Crippen molar-refractivity contribution in [3.8, 4) is 0 Å². The number of amides is 1. The van der Waals surface area contributed by atoms with Crippen LogP contribution < -0.4 is 11.1 Å². The zero-order chi connectivity index (χ0) is 12.1. The topological polar surface area (TPSA) is 138 Å². The molecule has 1 rings (SSSR count). The van der Waals surface area contributed by atoms with Crippen molar-refractivity contribution in [3.05, 3.63) is 17.8 Å². The van der Waals surface area contributed by atoms with Gasteiger partial charge in [0.05, 0.1) is 6.54 Å². The number of hydrogen-bond donors (Lipinski definition) is 4. The largest absolute Gasteiger partial charge is 0.476 e. The fraction of sp³-hybridized carbons (Fsp3) is 0.250. The number of aliphatic hydroxyl groups excluding tert-OH is 1. The minimum atomic E-state index is -1.33. The third-order valence-electron chi connectivity index (χ3n) is 1.69. The van der Waals surface area contributed by atoms with Crippen LogP contribution in [-0.2, 0) is 4.79 Å². The van der Waals surface area contributed by atoms with E-state index in [9.17, 15) is 9.59 Å². The van der Waals surface area contributed by atoms with Crippen LogP contribution in [0.2, 0.25) is 0 Å². The van der Waals surface area contributed by atoms with Gasteiger partial charge in [-0.15, -0.1) is 10.2 Å². The van der Waals surface area contributed by atoms with E-state index in [4.69, 9.17) is 15.9 Å². The molecule has 0 radical (unpaired) electrons. The first-order chi connectivity index (χ1) is 7.50.